The highest BCUT2D eigenvalue weighted by atomic mass is 16.2. The van der Waals surface area contributed by atoms with Crippen LogP contribution in [0.2, 0.25) is 0 Å². The third kappa shape index (κ3) is 4.25. The Labute approximate surface area is 187 Å². The van der Waals surface area contributed by atoms with Crippen LogP contribution in [-0.4, -0.2) is 53.3 Å². The molecule has 7 heteroatoms. The number of nitrogens with zero attached hydrogens (tertiary/aromatic N) is 2. The number of carbonyl (C=O) groups excluding carboxylic acids is 3. The molecule has 2 aliphatic heterocycles. The lowest BCUT2D eigenvalue weighted by Crippen LogP contribution is -2.42. The molecule has 3 aliphatic rings. The maximum Gasteiger partial charge on any atom is 0.319 e. The summed E-state index contributed by atoms with van der Waals surface area (Å²) < 4.78 is 0. The predicted octanol–water partition coefficient (Wildman–Crippen LogP) is 3.33. The second kappa shape index (κ2) is 8.39. The standard InChI is InChI=1S/C25H28N4O3/c1-16-12-28(13-17-5-3-2-4-6-17)15-22(16)27-25(32)26-19-9-10-20-21(11-19)24(31)29(23(20)30)14-18-7-8-18/h2-6,9-11,16,18,22H,7-8,12-15H2,1H3,(H2,26,27,32). The second-order valence-corrected chi connectivity index (χ2v) is 9.29. The van der Waals surface area contributed by atoms with Gasteiger partial charge in [-0.3, -0.25) is 19.4 Å². The Morgan fingerprint density at radius 3 is 2.50 bits per heavy atom. The molecule has 2 N–H and O–H groups in total. The molecule has 5 rings (SSSR count). The van der Waals surface area contributed by atoms with Crippen molar-refractivity contribution < 1.29 is 14.4 Å². The number of fused-ring (bicyclic) bond motifs is 1. The number of imide groups is 1. The van der Waals surface area contributed by atoms with Crippen LogP contribution in [-0.2, 0) is 6.54 Å². The molecule has 2 fully saturated rings. The SMILES string of the molecule is CC1CN(Cc2ccccc2)CC1NC(=O)Nc1ccc2c(c1)C(=O)N(CC1CC1)C2=O. The Hall–Kier alpha value is -3.19. The topological polar surface area (TPSA) is 81.8 Å². The van der Waals surface area contributed by atoms with E-state index in [2.05, 4.69) is 34.6 Å². The Balaban J connectivity index is 1.18. The van der Waals surface area contributed by atoms with Gasteiger partial charge in [-0.2, -0.15) is 0 Å². The molecule has 0 spiro atoms. The van der Waals surface area contributed by atoms with Gasteiger partial charge in [-0.15, -0.1) is 0 Å². The van der Waals surface area contributed by atoms with Crippen LogP contribution in [0.15, 0.2) is 48.5 Å². The Morgan fingerprint density at radius 2 is 1.75 bits per heavy atom. The normalized spacial score (nSPS) is 22.8. The van der Waals surface area contributed by atoms with Crippen molar-refractivity contribution >= 4 is 23.5 Å². The first kappa shape index (κ1) is 20.7. The third-order valence-electron chi connectivity index (χ3n) is 6.62. The first-order valence-corrected chi connectivity index (χ1v) is 11.3. The van der Waals surface area contributed by atoms with Crippen LogP contribution in [0, 0.1) is 11.8 Å². The van der Waals surface area contributed by atoms with E-state index in [-0.39, 0.29) is 23.9 Å². The molecule has 32 heavy (non-hydrogen) atoms. The lowest BCUT2D eigenvalue weighted by Gasteiger charge is -2.18. The fourth-order valence-electron chi connectivity index (χ4n) is 4.65. The summed E-state index contributed by atoms with van der Waals surface area (Å²) in [5.41, 5.74) is 2.57. The number of hydrogen-bond acceptors (Lipinski definition) is 4. The van der Waals surface area contributed by atoms with E-state index in [4.69, 9.17) is 0 Å². The minimum atomic E-state index is -0.296. The second-order valence-electron chi connectivity index (χ2n) is 9.29. The number of urea groups is 1. The van der Waals surface area contributed by atoms with Crippen LogP contribution >= 0.6 is 0 Å². The molecule has 2 heterocycles. The van der Waals surface area contributed by atoms with E-state index < -0.39 is 0 Å². The summed E-state index contributed by atoms with van der Waals surface area (Å²) in [6.07, 6.45) is 2.14. The van der Waals surface area contributed by atoms with Crippen molar-refractivity contribution in [3.63, 3.8) is 0 Å². The molecule has 2 unspecified atom stereocenters. The van der Waals surface area contributed by atoms with Crippen LogP contribution in [0.4, 0.5) is 10.5 Å². The number of hydrogen-bond donors (Lipinski definition) is 2. The average molecular weight is 433 g/mol. The number of carbonyl (C=O) groups is 3. The summed E-state index contributed by atoms with van der Waals surface area (Å²) in [5.74, 6) is 0.281. The van der Waals surface area contributed by atoms with E-state index in [1.165, 1.54) is 10.5 Å². The Kier molecular flexibility index (Phi) is 5.43. The summed E-state index contributed by atoms with van der Waals surface area (Å²) in [4.78, 5) is 41.5. The van der Waals surface area contributed by atoms with Crippen molar-refractivity contribution in [3.8, 4) is 0 Å². The van der Waals surface area contributed by atoms with Crippen molar-refractivity contribution in [2.75, 3.05) is 25.0 Å². The Morgan fingerprint density at radius 1 is 1.00 bits per heavy atom. The lowest BCUT2D eigenvalue weighted by molar-refractivity contribution is 0.0647. The van der Waals surface area contributed by atoms with Gasteiger partial charge >= 0.3 is 6.03 Å². The van der Waals surface area contributed by atoms with E-state index in [0.29, 0.717) is 35.2 Å². The molecule has 0 aromatic heterocycles. The zero-order valence-corrected chi connectivity index (χ0v) is 18.2. The average Bonchev–Trinajstić information content (AvgIpc) is 3.50. The minimum Gasteiger partial charge on any atom is -0.334 e. The van der Waals surface area contributed by atoms with E-state index in [1.807, 2.05) is 18.2 Å². The van der Waals surface area contributed by atoms with Gasteiger partial charge in [-0.25, -0.2) is 4.79 Å². The summed E-state index contributed by atoms with van der Waals surface area (Å²) in [7, 11) is 0. The van der Waals surface area contributed by atoms with Gasteiger partial charge < -0.3 is 10.6 Å². The quantitative estimate of drug-likeness (QED) is 0.686. The van der Waals surface area contributed by atoms with Crippen molar-refractivity contribution in [2.24, 2.45) is 11.8 Å². The molecule has 4 amide bonds. The summed E-state index contributed by atoms with van der Waals surface area (Å²) in [6, 6.07) is 15.0. The van der Waals surface area contributed by atoms with Crippen molar-refractivity contribution in [2.45, 2.75) is 32.4 Å². The molecule has 0 radical (unpaired) electrons. The number of benzene rings is 2. The van der Waals surface area contributed by atoms with Gasteiger partial charge in [-0.1, -0.05) is 37.3 Å². The summed E-state index contributed by atoms with van der Waals surface area (Å²) in [5, 5.41) is 5.91. The molecular weight excluding hydrogens is 404 g/mol. The van der Waals surface area contributed by atoms with Crippen LogP contribution in [0.25, 0.3) is 0 Å². The molecule has 1 saturated carbocycles. The molecule has 0 bridgehead atoms. The summed E-state index contributed by atoms with van der Waals surface area (Å²) >= 11 is 0. The maximum absolute atomic E-state index is 12.7. The fourth-order valence-corrected chi connectivity index (χ4v) is 4.65. The van der Waals surface area contributed by atoms with Crippen molar-refractivity contribution in [1.82, 2.24) is 15.1 Å². The van der Waals surface area contributed by atoms with E-state index in [1.54, 1.807) is 18.2 Å². The number of rotatable bonds is 6. The molecule has 1 aliphatic carbocycles. The lowest BCUT2D eigenvalue weighted by atomic mass is 10.1. The van der Waals surface area contributed by atoms with Crippen molar-refractivity contribution in [3.05, 3.63) is 65.2 Å². The van der Waals surface area contributed by atoms with E-state index in [9.17, 15) is 14.4 Å². The molecule has 2 aromatic carbocycles. The van der Waals surface area contributed by atoms with Gasteiger partial charge in [-0.05, 0) is 48.4 Å². The molecule has 166 valence electrons. The highest BCUT2D eigenvalue weighted by Gasteiger charge is 2.39. The van der Waals surface area contributed by atoms with Crippen LogP contribution in [0.5, 0.6) is 0 Å². The van der Waals surface area contributed by atoms with Crippen LogP contribution in [0.3, 0.4) is 0 Å². The first-order valence-electron chi connectivity index (χ1n) is 11.3. The zero-order chi connectivity index (χ0) is 22.2. The minimum absolute atomic E-state index is 0.0467. The highest BCUT2D eigenvalue weighted by Crippen LogP contribution is 2.33. The molecule has 7 nitrogen and oxygen atoms in total. The van der Waals surface area contributed by atoms with Gasteiger partial charge in [0.25, 0.3) is 11.8 Å². The fraction of sp³-hybridized carbons (Fsp3) is 0.400. The smallest absolute Gasteiger partial charge is 0.319 e. The Bertz CT molecular complexity index is 1050. The molecule has 1 saturated heterocycles. The third-order valence-corrected chi connectivity index (χ3v) is 6.62. The highest BCUT2D eigenvalue weighted by molar-refractivity contribution is 6.21. The monoisotopic (exact) mass is 432 g/mol. The predicted molar refractivity (Wildman–Crippen MR) is 121 cm³/mol. The van der Waals surface area contributed by atoms with Crippen LogP contribution in [0.1, 0.15) is 46.0 Å². The maximum atomic E-state index is 12.7. The van der Waals surface area contributed by atoms with E-state index >= 15 is 0 Å². The number of likely N-dealkylation sites (tertiary alicyclic amines) is 1. The van der Waals surface area contributed by atoms with Gasteiger partial charge in [0, 0.05) is 37.9 Å². The van der Waals surface area contributed by atoms with Gasteiger partial charge in [0.2, 0.25) is 0 Å². The number of anilines is 1. The first-order chi connectivity index (χ1) is 15.5. The van der Waals surface area contributed by atoms with Crippen molar-refractivity contribution in [1.29, 1.82) is 0 Å². The van der Waals surface area contributed by atoms with Crippen LogP contribution < -0.4 is 10.6 Å². The van der Waals surface area contributed by atoms with E-state index in [0.717, 1.165) is 32.5 Å². The molecule has 2 atom stereocenters. The summed E-state index contributed by atoms with van der Waals surface area (Å²) in [6.45, 7) is 5.21. The number of amides is 4. The zero-order valence-electron chi connectivity index (χ0n) is 18.2. The molecular formula is C25H28N4O3. The van der Waals surface area contributed by atoms with Gasteiger partial charge in [0.1, 0.15) is 0 Å². The number of nitrogens with one attached hydrogen (secondary N) is 2. The molecule has 2 aromatic rings. The van der Waals surface area contributed by atoms with Gasteiger partial charge in [0.05, 0.1) is 11.1 Å². The largest absolute Gasteiger partial charge is 0.334 e. The van der Waals surface area contributed by atoms with Gasteiger partial charge in [0.15, 0.2) is 0 Å².